The molecule has 5 heteroatoms. The maximum Gasteiger partial charge on any atom is 0.257 e. The number of nitrogens with zero attached hydrogens (tertiary/aromatic N) is 3. The van der Waals surface area contributed by atoms with Crippen molar-refractivity contribution in [3.63, 3.8) is 0 Å². The van der Waals surface area contributed by atoms with Crippen LogP contribution in [-0.4, -0.2) is 67.3 Å². The van der Waals surface area contributed by atoms with Gasteiger partial charge in [0, 0.05) is 17.8 Å². The van der Waals surface area contributed by atoms with E-state index < -0.39 is 0 Å². The number of hydrogen-bond donors (Lipinski definition) is 0. The second-order valence-electron chi connectivity index (χ2n) is 6.86. The number of hydrogen-bond acceptors (Lipinski definition) is 5. The summed E-state index contributed by atoms with van der Waals surface area (Å²) in [4.78, 5) is 9.30. The smallest absolute Gasteiger partial charge is 0.257 e. The Bertz CT molecular complexity index is 549. The number of ether oxygens (including phenoxy) is 2. The Morgan fingerprint density at radius 2 is 1.70 bits per heavy atom. The minimum atomic E-state index is 0.508. The molecule has 2 aliphatic rings. The molecule has 0 aromatic carbocycles. The molecule has 0 aliphatic carbocycles. The van der Waals surface area contributed by atoms with E-state index >= 15 is 0 Å². The summed E-state index contributed by atoms with van der Waals surface area (Å²) in [5.74, 6) is 1.46. The van der Waals surface area contributed by atoms with Crippen LogP contribution >= 0.6 is 0 Å². The van der Waals surface area contributed by atoms with E-state index in [0.29, 0.717) is 31.2 Å². The topological polar surface area (TPSA) is 37.8 Å². The van der Waals surface area contributed by atoms with E-state index in [1.165, 1.54) is 18.4 Å². The molecule has 0 radical (unpaired) electrons. The Balaban J connectivity index is 1.68. The molecular weight excluding hydrogens is 290 g/mol. The van der Waals surface area contributed by atoms with Crippen molar-refractivity contribution in [2.45, 2.75) is 45.2 Å². The quantitative estimate of drug-likeness (QED) is 0.769. The highest BCUT2D eigenvalue weighted by Gasteiger charge is 2.27. The molecule has 23 heavy (non-hydrogen) atoms. The van der Waals surface area contributed by atoms with Gasteiger partial charge in [-0.3, -0.25) is 9.80 Å². The Morgan fingerprint density at radius 1 is 1.09 bits per heavy atom. The van der Waals surface area contributed by atoms with E-state index in [4.69, 9.17) is 9.47 Å². The first kappa shape index (κ1) is 16.5. The zero-order valence-electron chi connectivity index (χ0n) is 14.8. The third-order valence-electron chi connectivity index (χ3n) is 5.35. The van der Waals surface area contributed by atoms with Gasteiger partial charge in [-0.15, -0.1) is 0 Å². The van der Waals surface area contributed by atoms with Crippen LogP contribution in [-0.2, 0) is 6.42 Å². The summed E-state index contributed by atoms with van der Waals surface area (Å²) in [6, 6.07) is 3.14. The molecule has 0 N–H and O–H groups in total. The second-order valence-corrected chi connectivity index (χ2v) is 6.86. The first-order chi connectivity index (χ1) is 11.1. The van der Waals surface area contributed by atoms with Gasteiger partial charge >= 0.3 is 0 Å². The molecule has 0 unspecified atom stereocenters. The van der Waals surface area contributed by atoms with Crippen LogP contribution in [0, 0.1) is 6.92 Å². The van der Waals surface area contributed by atoms with Crippen LogP contribution < -0.4 is 9.47 Å². The summed E-state index contributed by atoms with van der Waals surface area (Å²) in [6.07, 6.45) is 3.37. The number of aryl methyl sites for hydroxylation is 2. The van der Waals surface area contributed by atoms with Crippen LogP contribution in [0.1, 0.15) is 31.0 Å². The SMILES string of the molecule is CCc1cc(OC[C@H]2CCN2C)c(OC[C@H]2CCN2C)nc1C. The van der Waals surface area contributed by atoms with E-state index in [1.807, 2.05) is 6.92 Å². The second kappa shape index (κ2) is 7.05. The van der Waals surface area contributed by atoms with Crippen molar-refractivity contribution < 1.29 is 9.47 Å². The third-order valence-corrected chi connectivity index (χ3v) is 5.35. The largest absolute Gasteiger partial charge is 0.486 e. The Kier molecular flexibility index (Phi) is 5.07. The Hall–Kier alpha value is -1.33. The summed E-state index contributed by atoms with van der Waals surface area (Å²) < 4.78 is 12.1. The third kappa shape index (κ3) is 3.61. The van der Waals surface area contributed by atoms with Crippen LogP contribution in [0.4, 0.5) is 0 Å². The lowest BCUT2D eigenvalue weighted by atomic mass is 10.1. The number of aromatic nitrogens is 1. The van der Waals surface area contributed by atoms with Crippen LogP contribution in [0.15, 0.2) is 6.07 Å². The molecular formula is C18H29N3O2. The van der Waals surface area contributed by atoms with Crippen molar-refractivity contribution in [3.05, 3.63) is 17.3 Å². The summed E-state index contributed by atoms with van der Waals surface area (Å²) in [7, 11) is 4.28. The van der Waals surface area contributed by atoms with Gasteiger partial charge < -0.3 is 9.47 Å². The fourth-order valence-electron chi connectivity index (χ4n) is 3.09. The fourth-order valence-corrected chi connectivity index (χ4v) is 3.09. The van der Waals surface area contributed by atoms with Crippen molar-refractivity contribution in [3.8, 4) is 11.6 Å². The standard InChI is InChI=1S/C18H29N3O2/c1-5-14-10-17(22-11-15-6-8-20(15)3)18(19-13(14)2)23-12-16-7-9-21(16)4/h10,15-16H,5-9,11-12H2,1-4H3/t15-,16-/m1/s1. The van der Waals surface area contributed by atoms with Crippen molar-refractivity contribution in [1.82, 2.24) is 14.8 Å². The molecule has 2 aliphatic heterocycles. The van der Waals surface area contributed by atoms with Gasteiger partial charge in [-0.25, -0.2) is 4.98 Å². The van der Waals surface area contributed by atoms with Gasteiger partial charge in [0.1, 0.15) is 13.2 Å². The number of rotatable bonds is 7. The molecule has 0 amide bonds. The van der Waals surface area contributed by atoms with E-state index in [2.05, 4.69) is 41.9 Å². The molecule has 0 saturated carbocycles. The molecule has 3 rings (SSSR count). The van der Waals surface area contributed by atoms with Crippen LogP contribution in [0.5, 0.6) is 11.6 Å². The lowest BCUT2D eigenvalue weighted by Crippen LogP contribution is -2.48. The van der Waals surface area contributed by atoms with E-state index in [-0.39, 0.29) is 0 Å². The van der Waals surface area contributed by atoms with Gasteiger partial charge in [0.05, 0.1) is 0 Å². The highest BCUT2D eigenvalue weighted by Crippen LogP contribution is 2.30. The predicted octanol–water partition coefficient (Wildman–Crippen LogP) is 2.12. The van der Waals surface area contributed by atoms with E-state index in [1.54, 1.807) is 0 Å². The number of likely N-dealkylation sites (N-methyl/N-ethyl adjacent to an activating group) is 2. The highest BCUT2D eigenvalue weighted by molar-refractivity contribution is 5.39. The zero-order valence-corrected chi connectivity index (χ0v) is 14.8. The lowest BCUT2D eigenvalue weighted by molar-refractivity contribution is 0.0645. The van der Waals surface area contributed by atoms with Gasteiger partial charge in [0.2, 0.25) is 0 Å². The van der Waals surface area contributed by atoms with Gasteiger partial charge in [0.25, 0.3) is 5.88 Å². The molecule has 2 atom stereocenters. The molecule has 1 aromatic heterocycles. The number of pyridine rings is 1. The van der Waals surface area contributed by atoms with Crippen molar-refractivity contribution in [1.29, 1.82) is 0 Å². The summed E-state index contributed by atoms with van der Waals surface area (Å²) in [6.45, 7) is 7.92. The maximum absolute atomic E-state index is 6.08. The van der Waals surface area contributed by atoms with Crippen molar-refractivity contribution in [2.75, 3.05) is 40.4 Å². The van der Waals surface area contributed by atoms with Gasteiger partial charge in [0.15, 0.2) is 5.75 Å². The van der Waals surface area contributed by atoms with Crippen LogP contribution in [0.25, 0.3) is 0 Å². The van der Waals surface area contributed by atoms with E-state index in [9.17, 15) is 0 Å². The first-order valence-electron chi connectivity index (χ1n) is 8.75. The average molecular weight is 319 g/mol. The molecule has 1 aromatic rings. The average Bonchev–Trinajstić information content (AvgIpc) is 2.53. The molecule has 2 fully saturated rings. The Labute approximate surface area is 139 Å². The molecule has 128 valence electrons. The summed E-state index contributed by atoms with van der Waals surface area (Å²) >= 11 is 0. The molecule has 0 bridgehead atoms. The molecule has 3 heterocycles. The molecule has 5 nitrogen and oxygen atoms in total. The molecule has 0 spiro atoms. The summed E-state index contributed by atoms with van der Waals surface area (Å²) in [5, 5.41) is 0. The maximum atomic E-state index is 6.08. The van der Waals surface area contributed by atoms with Gasteiger partial charge in [-0.1, -0.05) is 6.92 Å². The van der Waals surface area contributed by atoms with Crippen molar-refractivity contribution >= 4 is 0 Å². The van der Waals surface area contributed by atoms with E-state index in [0.717, 1.165) is 31.0 Å². The monoisotopic (exact) mass is 319 g/mol. The minimum Gasteiger partial charge on any atom is -0.486 e. The highest BCUT2D eigenvalue weighted by atomic mass is 16.5. The van der Waals surface area contributed by atoms with Gasteiger partial charge in [-0.05, 0) is 65.0 Å². The fraction of sp³-hybridized carbons (Fsp3) is 0.722. The summed E-state index contributed by atoms with van der Waals surface area (Å²) in [5.41, 5.74) is 2.27. The minimum absolute atomic E-state index is 0.508. The lowest BCUT2D eigenvalue weighted by Gasteiger charge is -2.38. The first-order valence-corrected chi connectivity index (χ1v) is 8.75. The Morgan fingerprint density at radius 3 is 2.17 bits per heavy atom. The number of likely N-dealkylation sites (tertiary alicyclic amines) is 2. The van der Waals surface area contributed by atoms with Crippen molar-refractivity contribution in [2.24, 2.45) is 0 Å². The van der Waals surface area contributed by atoms with Crippen LogP contribution in [0.3, 0.4) is 0 Å². The van der Waals surface area contributed by atoms with Crippen LogP contribution in [0.2, 0.25) is 0 Å². The normalized spacial score (nSPS) is 24.9. The molecule has 2 saturated heterocycles. The predicted molar refractivity (Wildman–Crippen MR) is 91.4 cm³/mol. The zero-order chi connectivity index (χ0) is 16.4. The van der Waals surface area contributed by atoms with Gasteiger partial charge in [-0.2, -0.15) is 0 Å².